The van der Waals surface area contributed by atoms with Crippen LogP contribution in [0.25, 0.3) is 0 Å². The van der Waals surface area contributed by atoms with Crippen LogP contribution < -0.4 is 16.0 Å². The maximum atomic E-state index is 11.4. The smallest absolute Gasteiger partial charge is 0.244 e. The lowest BCUT2D eigenvalue weighted by Gasteiger charge is -2.07. The molecule has 6 nitrogen and oxygen atoms in total. The van der Waals surface area contributed by atoms with Crippen LogP contribution in [0.3, 0.4) is 0 Å². The maximum Gasteiger partial charge on any atom is 0.244 e. The van der Waals surface area contributed by atoms with Crippen LogP contribution in [0.1, 0.15) is 0 Å². The number of hydrazine groups is 1. The number of pyridine rings is 1. The normalized spacial score (nSPS) is 11.4. The quantitative estimate of drug-likeness (QED) is 0.504. The molecule has 0 aliphatic rings. The van der Waals surface area contributed by atoms with Crippen molar-refractivity contribution in [1.29, 1.82) is 0 Å². The Kier molecular flexibility index (Phi) is 3.27. The van der Waals surface area contributed by atoms with E-state index in [4.69, 9.17) is 17.4 Å². The van der Waals surface area contributed by atoms with Gasteiger partial charge in [-0.25, -0.2) is 24.0 Å². The van der Waals surface area contributed by atoms with Gasteiger partial charge in [0.1, 0.15) is 4.90 Å². The number of aromatic nitrogens is 1. The van der Waals surface area contributed by atoms with Crippen LogP contribution >= 0.6 is 11.6 Å². The van der Waals surface area contributed by atoms with E-state index >= 15 is 0 Å². The average Bonchev–Trinajstić information content (AvgIpc) is 2.18. The Hall–Kier alpha value is -0.890. The summed E-state index contributed by atoms with van der Waals surface area (Å²) in [5, 5.41) is 0.220. The minimum Gasteiger partial charge on any atom is -0.307 e. The molecule has 1 aromatic heterocycles. The first-order valence-electron chi connectivity index (χ1n) is 3.57. The van der Waals surface area contributed by atoms with Crippen molar-refractivity contribution < 1.29 is 8.42 Å². The molecule has 4 N–H and O–H groups in total. The van der Waals surface area contributed by atoms with Gasteiger partial charge in [0.15, 0.2) is 5.82 Å². The Morgan fingerprint density at radius 3 is 2.71 bits per heavy atom. The van der Waals surface area contributed by atoms with Crippen LogP contribution in [0, 0.1) is 0 Å². The number of nitrogens with one attached hydrogen (secondary N) is 2. The highest BCUT2D eigenvalue weighted by atomic mass is 35.5. The van der Waals surface area contributed by atoms with Crippen LogP contribution in [0.15, 0.2) is 17.2 Å². The molecule has 14 heavy (non-hydrogen) atoms. The highest BCUT2D eigenvalue weighted by molar-refractivity contribution is 7.89. The number of sulfonamides is 1. The summed E-state index contributed by atoms with van der Waals surface area (Å²) in [5.74, 6) is 5.15. The molecule has 0 spiro atoms. The fourth-order valence-electron chi connectivity index (χ4n) is 0.844. The van der Waals surface area contributed by atoms with E-state index in [2.05, 4.69) is 15.1 Å². The van der Waals surface area contributed by atoms with Crippen LogP contribution in [-0.2, 0) is 10.0 Å². The van der Waals surface area contributed by atoms with Crippen molar-refractivity contribution in [2.45, 2.75) is 4.90 Å². The van der Waals surface area contributed by atoms with Gasteiger partial charge in [-0.2, -0.15) is 0 Å². The van der Waals surface area contributed by atoms with Crippen molar-refractivity contribution in [3.05, 3.63) is 17.3 Å². The van der Waals surface area contributed by atoms with E-state index in [0.29, 0.717) is 0 Å². The fourth-order valence-corrected chi connectivity index (χ4v) is 1.93. The molecule has 0 bridgehead atoms. The van der Waals surface area contributed by atoms with Crippen molar-refractivity contribution in [3.8, 4) is 0 Å². The van der Waals surface area contributed by atoms with E-state index in [1.807, 2.05) is 0 Å². The van der Waals surface area contributed by atoms with Crippen LogP contribution in [0.2, 0.25) is 5.02 Å². The molecule has 0 amide bonds. The molecule has 0 saturated heterocycles. The van der Waals surface area contributed by atoms with Crippen molar-refractivity contribution >= 4 is 27.4 Å². The van der Waals surface area contributed by atoms with E-state index in [9.17, 15) is 8.42 Å². The molecule has 78 valence electrons. The number of anilines is 1. The van der Waals surface area contributed by atoms with E-state index < -0.39 is 10.0 Å². The number of rotatable bonds is 3. The van der Waals surface area contributed by atoms with Crippen molar-refractivity contribution in [2.75, 3.05) is 12.5 Å². The molecule has 0 fully saturated rings. The minimum absolute atomic E-state index is 0.0451. The third-order valence-electron chi connectivity index (χ3n) is 1.51. The Balaban J connectivity index is 3.39. The first-order chi connectivity index (χ1) is 6.51. The third-order valence-corrected chi connectivity index (χ3v) is 3.15. The number of halogens is 1. The molecule has 8 heteroatoms. The molecule has 0 aromatic carbocycles. The minimum atomic E-state index is -3.60. The van der Waals surface area contributed by atoms with Gasteiger partial charge in [0, 0.05) is 6.20 Å². The first-order valence-corrected chi connectivity index (χ1v) is 5.43. The van der Waals surface area contributed by atoms with Crippen molar-refractivity contribution in [1.82, 2.24) is 9.71 Å². The lowest BCUT2D eigenvalue weighted by atomic mass is 10.5. The largest absolute Gasteiger partial charge is 0.307 e. The number of hydrogen-bond acceptors (Lipinski definition) is 5. The zero-order valence-corrected chi connectivity index (χ0v) is 8.85. The third kappa shape index (κ3) is 2.13. The van der Waals surface area contributed by atoms with E-state index in [1.54, 1.807) is 0 Å². The zero-order valence-electron chi connectivity index (χ0n) is 7.28. The summed E-state index contributed by atoms with van der Waals surface area (Å²) >= 11 is 5.61. The second-order valence-electron chi connectivity index (χ2n) is 2.35. The van der Waals surface area contributed by atoms with Gasteiger partial charge in [0.25, 0.3) is 0 Å². The topological polar surface area (TPSA) is 97.1 Å². The summed E-state index contributed by atoms with van der Waals surface area (Å²) in [7, 11) is -2.31. The van der Waals surface area contributed by atoms with Gasteiger partial charge >= 0.3 is 0 Å². The molecule has 0 saturated carbocycles. The van der Waals surface area contributed by atoms with E-state index in [-0.39, 0.29) is 15.7 Å². The molecule has 0 aliphatic carbocycles. The number of nitrogens with two attached hydrogens (primary N) is 1. The van der Waals surface area contributed by atoms with Crippen LogP contribution in [0.5, 0.6) is 0 Å². The lowest BCUT2D eigenvalue weighted by molar-refractivity contribution is 0.588. The Labute approximate surface area is 86.5 Å². The molecule has 0 radical (unpaired) electrons. The summed E-state index contributed by atoms with van der Waals surface area (Å²) in [6.45, 7) is 0. The summed E-state index contributed by atoms with van der Waals surface area (Å²) < 4.78 is 25.0. The predicted octanol–water partition coefficient (Wildman–Crippen LogP) is -0.0713. The number of nitrogen functional groups attached to an aromatic ring is 1. The highest BCUT2D eigenvalue weighted by Gasteiger charge is 2.17. The summed E-state index contributed by atoms with van der Waals surface area (Å²) in [6, 6.07) is 1.26. The SMILES string of the molecule is CNS(=O)(=O)c1cc(Cl)cnc1NN. The summed E-state index contributed by atoms with van der Waals surface area (Å²) in [5.41, 5.74) is 2.17. The molecular weight excluding hydrogens is 228 g/mol. The van der Waals surface area contributed by atoms with Crippen molar-refractivity contribution in [2.24, 2.45) is 5.84 Å². The monoisotopic (exact) mass is 236 g/mol. The van der Waals surface area contributed by atoms with Crippen molar-refractivity contribution in [3.63, 3.8) is 0 Å². The van der Waals surface area contributed by atoms with Gasteiger partial charge in [-0.3, -0.25) is 0 Å². The Morgan fingerprint density at radius 2 is 2.21 bits per heavy atom. The van der Waals surface area contributed by atoms with Crippen LogP contribution in [-0.4, -0.2) is 20.4 Å². The maximum absolute atomic E-state index is 11.4. The second-order valence-corrected chi connectivity index (χ2v) is 4.64. The molecular formula is C6H9ClN4O2S. The van der Waals surface area contributed by atoms with E-state index in [0.717, 1.165) is 0 Å². The number of nitrogens with zero attached hydrogens (tertiary/aromatic N) is 1. The molecule has 1 aromatic rings. The predicted molar refractivity (Wildman–Crippen MR) is 53.3 cm³/mol. The standard InChI is InChI=1S/C6H9ClN4O2S/c1-9-14(12,13)5-2-4(7)3-10-6(5)11-8/h2-3,9H,8H2,1H3,(H,10,11). The fraction of sp³-hybridized carbons (Fsp3) is 0.167. The van der Waals surface area contributed by atoms with E-state index in [1.165, 1.54) is 19.3 Å². The highest BCUT2D eigenvalue weighted by Crippen LogP contribution is 2.21. The first kappa shape index (κ1) is 11.2. The van der Waals surface area contributed by atoms with Gasteiger partial charge in [-0.1, -0.05) is 11.6 Å². The molecule has 1 rings (SSSR count). The van der Waals surface area contributed by atoms with Crippen LogP contribution in [0.4, 0.5) is 5.82 Å². The number of hydrogen-bond donors (Lipinski definition) is 3. The molecule has 1 heterocycles. The summed E-state index contributed by atoms with van der Waals surface area (Å²) in [4.78, 5) is 3.64. The zero-order chi connectivity index (χ0) is 10.8. The lowest BCUT2D eigenvalue weighted by Crippen LogP contribution is -2.22. The molecule has 0 atom stereocenters. The summed E-state index contributed by atoms with van der Waals surface area (Å²) in [6.07, 6.45) is 1.30. The second kappa shape index (κ2) is 4.09. The van der Waals surface area contributed by atoms with Gasteiger partial charge in [0.2, 0.25) is 10.0 Å². The van der Waals surface area contributed by atoms with Gasteiger partial charge in [-0.15, -0.1) is 0 Å². The molecule has 0 aliphatic heterocycles. The Bertz CT molecular complexity index is 433. The average molecular weight is 237 g/mol. The van der Waals surface area contributed by atoms with Gasteiger partial charge in [0.05, 0.1) is 5.02 Å². The van der Waals surface area contributed by atoms with Gasteiger partial charge < -0.3 is 5.43 Å². The van der Waals surface area contributed by atoms with Gasteiger partial charge in [-0.05, 0) is 13.1 Å². The molecule has 0 unspecified atom stereocenters. The Morgan fingerprint density at radius 1 is 1.57 bits per heavy atom.